The Balaban J connectivity index is 1.14. The number of halogens is 3. The molecule has 39 heavy (non-hydrogen) atoms. The second kappa shape index (κ2) is 8.80. The van der Waals surface area contributed by atoms with Crippen LogP contribution in [-0.4, -0.2) is 69.7 Å². The van der Waals surface area contributed by atoms with Crippen molar-refractivity contribution in [3.63, 3.8) is 0 Å². The van der Waals surface area contributed by atoms with E-state index in [1.54, 1.807) is 4.90 Å². The number of benzene rings is 1. The van der Waals surface area contributed by atoms with Crippen molar-refractivity contribution in [3.05, 3.63) is 54.6 Å². The van der Waals surface area contributed by atoms with Crippen molar-refractivity contribution in [2.75, 3.05) is 36.5 Å². The zero-order chi connectivity index (χ0) is 26.9. The Labute approximate surface area is 221 Å². The Bertz CT molecular complexity index is 1510. The predicted molar refractivity (Wildman–Crippen MR) is 135 cm³/mol. The summed E-state index contributed by atoms with van der Waals surface area (Å²) >= 11 is 0. The summed E-state index contributed by atoms with van der Waals surface area (Å²) in [6.45, 7) is 5.26. The van der Waals surface area contributed by atoms with Crippen LogP contribution in [-0.2, 0) is 9.53 Å². The van der Waals surface area contributed by atoms with Gasteiger partial charge >= 0.3 is 0 Å². The molecular formula is C27H25F3N6O3. The van der Waals surface area contributed by atoms with Crippen LogP contribution in [0.2, 0.25) is 0 Å². The maximum absolute atomic E-state index is 15.1. The molecule has 1 amide bonds. The molecule has 4 bridgehead atoms. The zero-order valence-corrected chi connectivity index (χ0v) is 20.9. The van der Waals surface area contributed by atoms with Crippen LogP contribution in [0.3, 0.4) is 0 Å². The van der Waals surface area contributed by atoms with Gasteiger partial charge in [0.1, 0.15) is 24.1 Å². The van der Waals surface area contributed by atoms with Crippen molar-refractivity contribution in [3.8, 4) is 5.75 Å². The third kappa shape index (κ3) is 3.88. The molecule has 12 heteroatoms. The second-order valence-electron chi connectivity index (χ2n) is 10.7. The topological polar surface area (TPSA) is 92.7 Å². The molecule has 4 saturated heterocycles. The van der Waals surface area contributed by atoms with Gasteiger partial charge in [0.25, 0.3) is 0 Å². The zero-order valence-electron chi connectivity index (χ0n) is 20.9. The van der Waals surface area contributed by atoms with Crippen LogP contribution in [0.5, 0.6) is 5.75 Å². The maximum atomic E-state index is 15.1. The summed E-state index contributed by atoms with van der Waals surface area (Å²) < 4.78 is 56.4. The molecule has 1 aromatic carbocycles. The molecular weight excluding hydrogens is 513 g/mol. The predicted octanol–water partition coefficient (Wildman–Crippen LogP) is 3.72. The quantitative estimate of drug-likeness (QED) is 0.455. The summed E-state index contributed by atoms with van der Waals surface area (Å²) in [4.78, 5) is 28.4. The number of fused-ring (bicyclic) bond motifs is 4. The average molecular weight is 539 g/mol. The molecule has 202 valence electrons. The van der Waals surface area contributed by atoms with Crippen LogP contribution in [0, 0.1) is 23.4 Å². The number of pyridine rings is 1. The molecule has 3 aromatic rings. The van der Waals surface area contributed by atoms with Gasteiger partial charge in [-0.05, 0) is 43.4 Å². The number of likely N-dealkylation sites (tertiary alicyclic amines) is 1. The number of carbonyl (C=O) groups is 1. The lowest BCUT2D eigenvalue weighted by Crippen LogP contribution is -2.48. The molecule has 9 nitrogen and oxygen atoms in total. The normalized spacial score (nSPS) is 26.7. The third-order valence-electron chi connectivity index (χ3n) is 8.25. The minimum Gasteiger partial charge on any atom is -0.487 e. The van der Waals surface area contributed by atoms with E-state index in [1.807, 2.05) is 4.90 Å². The number of amides is 1. The van der Waals surface area contributed by atoms with E-state index in [9.17, 15) is 9.18 Å². The number of rotatable bonds is 7. The van der Waals surface area contributed by atoms with E-state index >= 15 is 8.78 Å². The first-order chi connectivity index (χ1) is 18.8. The SMILES string of the molecule is C=CC(=O)N1C[C@@H]2C[C@H]1CN2c1nc2c(Nc3ccc(OCC45CC(CO4)C5)c(F)c3F)ncnc2cc1F. The van der Waals surface area contributed by atoms with Crippen molar-refractivity contribution in [1.29, 1.82) is 0 Å². The van der Waals surface area contributed by atoms with E-state index in [0.29, 0.717) is 32.0 Å². The standard InChI is InChI=1S/C27H25F3N6O3/c1-2-21(37)35-9-16-5-15(35)10-36(16)26-17(28)6-19-24(34-26)25(32-13-31-19)33-18-3-4-20(23(30)22(18)29)38-12-27-7-14(8-27)11-39-27/h2-4,6,13-16H,1,5,7-12H2,(H,31,32,33)/t14?,15-,16-,27?/m0/s1. The number of aromatic nitrogens is 3. The highest BCUT2D eigenvalue weighted by atomic mass is 19.2. The first-order valence-corrected chi connectivity index (χ1v) is 12.9. The van der Waals surface area contributed by atoms with Gasteiger partial charge in [0.15, 0.2) is 29.0 Å². The van der Waals surface area contributed by atoms with Crippen LogP contribution < -0.4 is 15.0 Å². The van der Waals surface area contributed by atoms with Gasteiger partial charge in [-0.25, -0.2) is 23.7 Å². The molecule has 1 aliphatic carbocycles. The average Bonchev–Trinajstić information content (AvgIpc) is 3.71. The van der Waals surface area contributed by atoms with Crippen LogP contribution >= 0.6 is 0 Å². The Morgan fingerprint density at radius 3 is 2.77 bits per heavy atom. The van der Waals surface area contributed by atoms with Gasteiger partial charge in [-0.15, -0.1) is 0 Å². The van der Waals surface area contributed by atoms with Gasteiger partial charge in [-0.1, -0.05) is 6.58 Å². The molecule has 5 aliphatic rings. The van der Waals surface area contributed by atoms with Crippen LogP contribution in [0.15, 0.2) is 37.2 Å². The van der Waals surface area contributed by atoms with Gasteiger partial charge in [0, 0.05) is 19.2 Å². The maximum Gasteiger partial charge on any atom is 0.246 e. The van der Waals surface area contributed by atoms with Crippen LogP contribution in [0.4, 0.5) is 30.5 Å². The van der Waals surface area contributed by atoms with Crippen molar-refractivity contribution < 1.29 is 27.4 Å². The van der Waals surface area contributed by atoms with Crippen molar-refractivity contribution >= 4 is 34.3 Å². The largest absolute Gasteiger partial charge is 0.487 e. The summed E-state index contributed by atoms with van der Waals surface area (Å²) in [6.07, 6.45) is 4.92. The first-order valence-electron chi connectivity index (χ1n) is 12.9. The molecule has 1 N–H and O–H groups in total. The number of carbonyl (C=O) groups excluding carboxylic acids is 1. The highest BCUT2D eigenvalue weighted by molar-refractivity contribution is 5.89. The fraction of sp³-hybridized carbons (Fsp3) is 0.407. The van der Waals surface area contributed by atoms with Gasteiger partial charge < -0.3 is 24.6 Å². The molecule has 0 unspecified atom stereocenters. The molecule has 4 aliphatic heterocycles. The highest BCUT2D eigenvalue weighted by Gasteiger charge is 2.52. The minimum absolute atomic E-state index is 0.0645. The summed E-state index contributed by atoms with van der Waals surface area (Å²) in [5.74, 6) is -2.46. The van der Waals surface area contributed by atoms with Gasteiger partial charge in [-0.2, -0.15) is 4.39 Å². The minimum atomic E-state index is -1.14. The lowest BCUT2D eigenvalue weighted by molar-refractivity contribution is -0.127. The summed E-state index contributed by atoms with van der Waals surface area (Å²) in [6, 6.07) is 3.78. The summed E-state index contributed by atoms with van der Waals surface area (Å²) in [5.41, 5.74) is -0.160. The number of anilines is 3. The van der Waals surface area contributed by atoms with E-state index in [4.69, 9.17) is 9.47 Å². The van der Waals surface area contributed by atoms with Gasteiger partial charge in [0.2, 0.25) is 11.7 Å². The molecule has 0 radical (unpaired) electrons. The van der Waals surface area contributed by atoms with E-state index in [0.717, 1.165) is 12.8 Å². The Hall–Kier alpha value is -3.93. The molecule has 0 spiro atoms. The fourth-order valence-corrected chi connectivity index (χ4v) is 6.32. The second-order valence-corrected chi connectivity index (χ2v) is 10.7. The number of hydrogen-bond acceptors (Lipinski definition) is 8. The van der Waals surface area contributed by atoms with Gasteiger partial charge in [0.05, 0.1) is 29.9 Å². The fourth-order valence-electron chi connectivity index (χ4n) is 6.32. The lowest BCUT2D eigenvalue weighted by atomic mass is 9.75. The van der Waals surface area contributed by atoms with Crippen LogP contribution in [0.25, 0.3) is 11.0 Å². The number of hydrogen-bond donors (Lipinski definition) is 1. The third-order valence-corrected chi connectivity index (χ3v) is 8.25. The molecule has 2 atom stereocenters. The smallest absolute Gasteiger partial charge is 0.246 e. The Kier molecular flexibility index (Phi) is 5.45. The molecule has 8 rings (SSSR count). The van der Waals surface area contributed by atoms with E-state index in [1.165, 1.54) is 30.6 Å². The van der Waals surface area contributed by atoms with E-state index in [2.05, 4.69) is 26.8 Å². The summed E-state index contributed by atoms with van der Waals surface area (Å²) in [7, 11) is 0. The number of ether oxygens (including phenoxy) is 2. The Morgan fingerprint density at radius 1 is 1.21 bits per heavy atom. The number of nitrogens with one attached hydrogen (secondary N) is 1. The van der Waals surface area contributed by atoms with Gasteiger partial charge in [-0.3, -0.25) is 4.79 Å². The molecule has 2 aromatic heterocycles. The van der Waals surface area contributed by atoms with Crippen molar-refractivity contribution in [2.45, 2.75) is 36.9 Å². The summed E-state index contributed by atoms with van der Waals surface area (Å²) in [5, 5.41) is 2.78. The van der Waals surface area contributed by atoms with Crippen LogP contribution in [0.1, 0.15) is 19.3 Å². The highest BCUT2D eigenvalue weighted by Crippen LogP contribution is 2.48. The lowest BCUT2D eigenvalue weighted by Gasteiger charge is -2.35. The number of piperazine rings is 1. The van der Waals surface area contributed by atoms with E-state index in [-0.39, 0.29) is 58.7 Å². The molecule has 6 heterocycles. The first kappa shape index (κ1) is 24.1. The van der Waals surface area contributed by atoms with E-state index < -0.39 is 23.1 Å². The molecule has 1 saturated carbocycles. The Morgan fingerprint density at radius 2 is 2.05 bits per heavy atom. The molecule has 5 fully saturated rings. The van der Waals surface area contributed by atoms with Crippen molar-refractivity contribution in [2.24, 2.45) is 5.92 Å². The van der Waals surface area contributed by atoms with Crippen molar-refractivity contribution in [1.82, 2.24) is 19.9 Å². The number of nitrogens with zero attached hydrogens (tertiary/aromatic N) is 5. The monoisotopic (exact) mass is 538 g/mol.